The molecule has 0 fully saturated rings. The molecule has 1 aromatic carbocycles. The smallest absolute Gasteiger partial charge is 0.205 e. The third kappa shape index (κ3) is 4.20. The number of aromatic nitrogens is 4. The summed E-state index contributed by atoms with van der Waals surface area (Å²) in [6.07, 6.45) is -0.497. The molecule has 0 amide bonds. The van der Waals surface area contributed by atoms with Gasteiger partial charge < -0.3 is 20.3 Å². The van der Waals surface area contributed by atoms with Gasteiger partial charge in [0.2, 0.25) is 5.95 Å². The Labute approximate surface area is 170 Å². The Bertz CT molecular complexity index is 921. The summed E-state index contributed by atoms with van der Waals surface area (Å²) in [4.78, 5) is 4.78. The summed E-state index contributed by atoms with van der Waals surface area (Å²) in [7, 11) is 0. The highest BCUT2D eigenvalue weighted by Crippen LogP contribution is 2.38. The molecular formula is C20H27ClN6O. The molecule has 0 bridgehead atoms. The van der Waals surface area contributed by atoms with Crippen LogP contribution in [0.3, 0.4) is 0 Å². The fourth-order valence-electron chi connectivity index (χ4n) is 3.08. The van der Waals surface area contributed by atoms with Gasteiger partial charge in [-0.2, -0.15) is 10.1 Å². The lowest BCUT2D eigenvalue weighted by Crippen LogP contribution is -2.22. The van der Waals surface area contributed by atoms with Crippen LogP contribution in [-0.4, -0.2) is 37.5 Å². The SMILES string of the molecule is CC(O)CNc1nc(Nc2cccc(Cl)c2)c2nnc(C(C)C)c-2n1C(C)C. The lowest BCUT2D eigenvalue weighted by atomic mass is 10.1. The van der Waals surface area contributed by atoms with Gasteiger partial charge in [-0.05, 0) is 44.9 Å². The van der Waals surface area contributed by atoms with Gasteiger partial charge in [-0.1, -0.05) is 31.5 Å². The zero-order valence-electron chi connectivity index (χ0n) is 16.9. The van der Waals surface area contributed by atoms with Crippen LogP contribution in [0.15, 0.2) is 24.3 Å². The molecule has 7 nitrogen and oxygen atoms in total. The fraction of sp³-hybridized carbons (Fsp3) is 0.450. The summed E-state index contributed by atoms with van der Waals surface area (Å²) >= 11 is 6.12. The Kier molecular flexibility index (Phi) is 6.05. The molecule has 0 saturated carbocycles. The Hall–Kier alpha value is -2.38. The number of hydrogen-bond donors (Lipinski definition) is 3. The first kappa shape index (κ1) is 20.4. The van der Waals surface area contributed by atoms with E-state index in [1.165, 1.54) is 0 Å². The van der Waals surface area contributed by atoms with Crippen LogP contribution < -0.4 is 10.6 Å². The van der Waals surface area contributed by atoms with E-state index < -0.39 is 6.10 Å². The normalized spacial score (nSPS) is 12.8. The molecule has 3 rings (SSSR count). The zero-order chi connectivity index (χ0) is 20.4. The molecular weight excluding hydrogens is 376 g/mol. The quantitative estimate of drug-likeness (QED) is 0.532. The zero-order valence-corrected chi connectivity index (χ0v) is 17.6. The second-order valence-electron chi connectivity index (χ2n) is 7.55. The standard InChI is InChI=1S/C20H27ClN6O/c1-11(2)16-18-17(26-25-16)19(23-15-8-6-7-14(21)9-15)24-20(22-10-13(5)28)27(18)12(3)4/h6-9,11-13,23,28H,10H2,1-5H3,(H,22,24). The van der Waals surface area contributed by atoms with E-state index in [-0.39, 0.29) is 12.0 Å². The Morgan fingerprint density at radius 1 is 1.14 bits per heavy atom. The second-order valence-corrected chi connectivity index (χ2v) is 7.99. The molecule has 150 valence electrons. The molecule has 0 saturated heterocycles. The number of aliphatic hydroxyl groups is 1. The molecule has 2 heterocycles. The molecule has 1 aromatic rings. The molecule has 0 spiro atoms. The van der Waals surface area contributed by atoms with Crippen LogP contribution in [0.5, 0.6) is 0 Å². The maximum absolute atomic E-state index is 9.74. The molecule has 2 aliphatic heterocycles. The predicted octanol–water partition coefficient (Wildman–Crippen LogP) is 4.67. The number of fused-ring (bicyclic) bond motifs is 1. The van der Waals surface area contributed by atoms with Crippen molar-refractivity contribution in [3.8, 4) is 11.4 Å². The largest absolute Gasteiger partial charge is 0.392 e. The number of anilines is 3. The number of nitrogens with zero attached hydrogens (tertiary/aromatic N) is 4. The lowest BCUT2D eigenvalue weighted by molar-refractivity contribution is 0.208. The minimum Gasteiger partial charge on any atom is -0.392 e. The van der Waals surface area contributed by atoms with Gasteiger partial charge >= 0.3 is 0 Å². The van der Waals surface area contributed by atoms with E-state index in [0.717, 1.165) is 17.1 Å². The van der Waals surface area contributed by atoms with Gasteiger partial charge in [0.25, 0.3) is 0 Å². The summed E-state index contributed by atoms with van der Waals surface area (Å²) in [6, 6.07) is 7.59. The molecule has 8 heteroatoms. The van der Waals surface area contributed by atoms with E-state index in [2.05, 4.69) is 53.1 Å². The number of rotatable bonds is 7. The van der Waals surface area contributed by atoms with Crippen LogP contribution in [0, 0.1) is 0 Å². The van der Waals surface area contributed by atoms with Gasteiger partial charge in [0.15, 0.2) is 11.5 Å². The summed E-state index contributed by atoms with van der Waals surface area (Å²) in [5, 5.41) is 25.8. The fourth-order valence-corrected chi connectivity index (χ4v) is 3.27. The highest BCUT2D eigenvalue weighted by atomic mass is 35.5. The van der Waals surface area contributed by atoms with Gasteiger partial charge in [-0.15, -0.1) is 5.10 Å². The lowest BCUT2D eigenvalue weighted by Gasteiger charge is -2.24. The minimum atomic E-state index is -0.497. The van der Waals surface area contributed by atoms with Crippen LogP contribution in [-0.2, 0) is 0 Å². The van der Waals surface area contributed by atoms with Crippen molar-refractivity contribution in [2.24, 2.45) is 0 Å². The van der Waals surface area contributed by atoms with E-state index in [1.807, 2.05) is 24.3 Å². The van der Waals surface area contributed by atoms with Crippen molar-refractivity contribution in [2.45, 2.75) is 52.7 Å². The highest BCUT2D eigenvalue weighted by Gasteiger charge is 2.28. The van der Waals surface area contributed by atoms with Crippen molar-refractivity contribution in [3.05, 3.63) is 35.0 Å². The minimum absolute atomic E-state index is 0.134. The monoisotopic (exact) mass is 402 g/mol. The molecule has 3 N–H and O–H groups in total. The molecule has 2 aliphatic rings. The van der Waals surface area contributed by atoms with Crippen molar-refractivity contribution in [1.29, 1.82) is 0 Å². The van der Waals surface area contributed by atoms with E-state index in [1.54, 1.807) is 6.92 Å². The van der Waals surface area contributed by atoms with Crippen LogP contribution >= 0.6 is 11.6 Å². The average molecular weight is 403 g/mol. The summed E-state index contributed by atoms with van der Waals surface area (Å²) < 4.78 is 2.09. The van der Waals surface area contributed by atoms with E-state index >= 15 is 0 Å². The number of hydrogen-bond acceptors (Lipinski definition) is 6. The second kappa shape index (κ2) is 8.32. The van der Waals surface area contributed by atoms with Gasteiger partial charge in [0.05, 0.1) is 17.5 Å². The third-order valence-electron chi connectivity index (χ3n) is 4.34. The van der Waals surface area contributed by atoms with Crippen LogP contribution in [0.2, 0.25) is 5.02 Å². The van der Waals surface area contributed by atoms with E-state index in [4.69, 9.17) is 16.6 Å². The Morgan fingerprint density at radius 3 is 2.50 bits per heavy atom. The molecule has 1 unspecified atom stereocenters. The van der Waals surface area contributed by atoms with Gasteiger partial charge in [-0.3, -0.25) is 0 Å². The first-order chi connectivity index (χ1) is 13.3. The number of nitrogens with one attached hydrogen (secondary N) is 2. The van der Waals surface area contributed by atoms with E-state index in [9.17, 15) is 5.11 Å². The van der Waals surface area contributed by atoms with Crippen molar-refractivity contribution < 1.29 is 5.11 Å². The van der Waals surface area contributed by atoms with Gasteiger partial charge in [0, 0.05) is 23.3 Å². The molecule has 1 atom stereocenters. The third-order valence-corrected chi connectivity index (χ3v) is 4.58. The molecule has 0 radical (unpaired) electrons. The Balaban J connectivity index is 2.17. The predicted molar refractivity (Wildman–Crippen MR) is 114 cm³/mol. The number of halogens is 1. The summed E-state index contributed by atoms with van der Waals surface area (Å²) in [6.45, 7) is 10.5. The van der Waals surface area contributed by atoms with Crippen LogP contribution in [0.25, 0.3) is 11.4 Å². The average Bonchev–Trinajstić information content (AvgIpc) is 3.04. The van der Waals surface area contributed by atoms with Gasteiger partial charge in [0.1, 0.15) is 0 Å². The maximum atomic E-state index is 9.74. The van der Waals surface area contributed by atoms with Crippen LogP contribution in [0.4, 0.5) is 17.5 Å². The number of aliphatic hydroxyl groups excluding tert-OH is 1. The van der Waals surface area contributed by atoms with Crippen LogP contribution in [0.1, 0.15) is 52.3 Å². The maximum Gasteiger partial charge on any atom is 0.205 e. The molecule has 0 aromatic heterocycles. The Morgan fingerprint density at radius 2 is 1.89 bits per heavy atom. The van der Waals surface area contributed by atoms with Crippen molar-refractivity contribution in [1.82, 2.24) is 19.7 Å². The van der Waals surface area contributed by atoms with Gasteiger partial charge in [-0.25, -0.2) is 0 Å². The molecule has 28 heavy (non-hydrogen) atoms. The van der Waals surface area contributed by atoms with Crippen molar-refractivity contribution >= 4 is 29.1 Å². The van der Waals surface area contributed by atoms with Crippen molar-refractivity contribution in [2.75, 3.05) is 17.2 Å². The van der Waals surface area contributed by atoms with Crippen molar-refractivity contribution in [3.63, 3.8) is 0 Å². The summed E-state index contributed by atoms with van der Waals surface area (Å²) in [5.74, 6) is 1.47. The first-order valence-corrected chi connectivity index (χ1v) is 9.88. The topological polar surface area (TPSA) is 87.9 Å². The first-order valence-electron chi connectivity index (χ1n) is 9.51. The number of benzene rings is 1. The highest BCUT2D eigenvalue weighted by molar-refractivity contribution is 6.30. The molecule has 0 aliphatic carbocycles. The van der Waals surface area contributed by atoms with E-state index in [0.29, 0.717) is 29.0 Å². The summed E-state index contributed by atoms with van der Waals surface area (Å²) in [5.41, 5.74) is 3.39.